The number of hydrogen-bond donors (Lipinski definition) is 1. The second-order valence-electron chi connectivity index (χ2n) is 10.2. The number of piperazine rings is 1. The van der Waals surface area contributed by atoms with Crippen LogP contribution in [0.15, 0.2) is 24.5 Å². The zero-order valence-electron chi connectivity index (χ0n) is 21.3. The zero-order chi connectivity index (χ0) is 24.7. The molecular formula is C26H35N7OS. The van der Waals surface area contributed by atoms with Crippen LogP contribution in [0.3, 0.4) is 0 Å². The molecule has 0 bridgehead atoms. The Bertz CT molecular complexity index is 1190. The lowest BCUT2D eigenvalue weighted by atomic mass is 9.96. The summed E-state index contributed by atoms with van der Waals surface area (Å²) in [4.78, 5) is 34.3. The van der Waals surface area contributed by atoms with E-state index in [4.69, 9.17) is 4.98 Å². The Balaban J connectivity index is 1.40. The van der Waals surface area contributed by atoms with Crippen LogP contribution in [0.2, 0.25) is 0 Å². The highest BCUT2D eigenvalue weighted by molar-refractivity contribution is 7.21. The maximum absolute atomic E-state index is 12.9. The van der Waals surface area contributed by atoms with Crippen molar-refractivity contribution in [3.05, 3.63) is 35.0 Å². The van der Waals surface area contributed by atoms with Crippen LogP contribution in [0.1, 0.15) is 60.7 Å². The van der Waals surface area contributed by atoms with Crippen LogP contribution in [0.4, 0.5) is 17.5 Å². The molecule has 4 heterocycles. The summed E-state index contributed by atoms with van der Waals surface area (Å²) in [7, 11) is 5.81. The molecule has 3 aromatic rings. The van der Waals surface area contributed by atoms with Crippen molar-refractivity contribution in [3.63, 3.8) is 0 Å². The summed E-state index contributed by atoms with van der Waals surface area (Å²) in [5.74, 6) is 1.66. The molecule has 1 aliphatic carbocycles. The van der Waals surface area contributed by atoms with E-state index < -0.39 is 0 Å². The largest absolute Gasteiger partial charge is 0.367 e. The Morgan fingerprint density at radius 2 is 1.80 bits per heavy atom. The van der Waals surface area contributed by atoms with E-state index in [9.17, 15) is 4.79 Å². The van der Waals surface area contributed by atoms with Crippen LogP contribution in [-0.4, -0.2) is 77.0 Å². The highest BCUT2D eigenvalue weighted by Gasteiger charge is 2.29. The van der Waals surface area contributed by atoms with Gasteiger partial charge in [-0.3, -0.25) is 9.69 Å². The van der Waals surface area contributed by atoms with E-state index in [2.05, 4.69) is 52.0 Å². The van der Waals surface area contributed by atoms with Gasteiger partial charge < -0.3 is 15.1 Å². The first kappa shape index (κ1) is 23.9. The molecule has 0 aromatic carbocycles. The summed E-state index contributed by atoms with van der Waals surface area (Å²) in [5, 5.41) is 3.28. The minimum absolute atomic E-state index is 0.0502. The highest BCUT2D eigenvalue weighted by Crippen LogP contribution is 2.43. The maximum atomic E-state index is 12.9. The number of nitrogens with one attached hydrogen (secondary N) is 1. The van der Waals surface area contributed by atoms with Crippen LogP contribution in [0.5, 0.6) is 0 Å². The first-order valence-corrected chi connectivity index (χ1v) is 13.3. The number of nitrogens with zero attached hydrogens (tertiary/aromatic N) is 6. The molecule has 8 nitrogen and oxygen atoms in total. The summed E-state index contributed by atoms with van der Waals surface area (Å²) < 4.78 is 0.962. The Hall–Kier alpha value is -2.78. The maximum Gasteiger partial charge on any atom is 0.263 e. The molecule has 2 atom stereocenters. The molecule has 1 N–H and O–H groups in total. The lowest BCUT2D eigenvalue weighted by Crippen LogP contribution is -2.55. The number of thiophene rings is 1. The first-order chi connectivity index (χ1) is 16.8. The number of amides is 1. The van der Waals surface area contributed by atoms with Gasteiger partial charge >= 0.3 is 0 Å². The molecule has 1 saturated heterocycles. The van der Waals surface area contributed by atoms with E-state index in [1.54, 1.807) is 4.90 Å². The van der Waals surface area contributed by atoms with Gasteiger partial charge in [-0.1, -0.05) is 12.8 Å². The molecule has 0 radical (unpaired) electrons. The monoisotopic (exact) mass is 493 g/mol. The van der Waals surface area contributed by atoms with E-state index in [0.29, 0.717) is 29.8 Å². The van der Waals surface area contributed by atoms with Crippen molar-refractivity contribution in [1.29, 1.82) is 0 Å². The number of anilines is 3. The van der Waals surface area contributed by atoms with Gasteiger partial charge in [-0.2, -0.15) is 0 Å². The molecule has 5 rings (SSSR count). The fraction of sp³-hybridized carbons (Fsp3) is 0.538. The van der Waals surface area contributed by atoms with Crippen molar-refractivity contribution in [1.82, 2.24) is 24.8 Å². The van der Waals surface area contributed by atoms with Gasteiger partial charge in [0.15, 0.2) is 0 Å². The molecular weight excluding hydrogens is 458 g/mol. The lowest BCUT2D eigenvalue weighted by molar-refractivity contribution is 0.0831. The van der Waals surface area contributed by atoms with Gasteiger partial charge in [-0.15, -0.1) is 11.3 Å². The number of fused-ring (bicyclic) bond motifs is 1. The van der Waals surface area contributed by atoms with Crippen LogP contribution in [-0.2, 0) is 0 Å². The first-order valence-electron chi connectivity index (χ1n) is 12.5. The van der Waals surface area contributed by atoms with E-state index >= 15 is 0 Å². The SMILES string of the molecule is C[C@@H]1CN(c2ccc(Nc3ncc4sc(C(=O)N(C)C)c(C5CCCC5)c4n3)nc2)C[C@H](C)N1C. The van der Waals surface area contributed by atoms with Crippen LogP contribution < -0.4 is 10.2 Å². The van der Waals surface area contributed by atoms with Gasteiger partial charge in [0.05, 0.1) is 33.2 Å². The Morgan fingerprint density at radius 3 is 2.43 bits per heavy atom. The van der Waals surface area contributed by atoms with Gasteiger partial charge in [0.2, 0.25) is 5.95 Å². The van der Waals surface area contributed by atoms with E-state index in [1.165, 1.54) is 24.2 Å². The van der Waals surface area contributed by atoms with Crippen molar-refractivity contribution in [2.24, 2.45) is 0 Å². The summed E-state index contributed by atoms with van der Waals surface area (Å²) in [5.41, 5.74) is 3.14. The van der Waals surface area contributed by atoms with Gasteiger partial charge in [0.1, 0.15) is 5.82 Å². The average molecular weight is 494 g/mol. The molecule has 1 aliphatic heterocycles. The predicted molar refractivity (Wildman–Crippen MR) is 143 cm³/mol. The number of carbonyl (C=O) groups excluding carboxylic acids is 1. The molecule has 2 fully saturated rings. The van der Waals surface area contributed by atoms with Crippen molar-refractivity contribution >= 4 is 44.9 Å². The Kier molecular flexibility index (Phi) is 6.63. The highest BCUT2D eigenvalue weighted by atomic mass is 32.1. The average Bonchev–Trinajstić information content (AvgIpc) is 3.49. The number of carbonyl (C=O) groups is 1. The van der Waals surface area contributed by atoms with E-state index in [0.717, 1.165) is 52.3 Å². The van der Waals surface area contributed by atoms with Crippen LogP contribution >= 0.6 is 11.3 Å². The molecule has 2 aliphatic rings. The van der Waals surface area contributed by atoms with Crippen molar-refractivity contribution in [3.8, 4) is 0 Å². The van der Waals surface area contributed by atoms with Crippen LogP contribution in [0.25, 0.3) is 10.2 Å². The van der Waals surface area contributed by atoms with Gasteiger partial charge in [-0.05, 0) is 51.8 Å². The Labute approximate surface area is 211 Å². The zero-order valence-corrected chi connectivity index (χ0v) is 22.1. The number of pyridine rings is 1. The van der Waals surface area contributed by atoms with Gasteiger partial charge in [0, 0.05) is 44.8 Å². The number of hydrogen-bond acceptors (Lipinski definition) is 8. The van der Waals surface area contributed by atoms with Gasteiger partial charge in [-0.25, -0.2) is 15.0 Å². The number of aromatic nitrogens is 3. The quantitative estimate of drug-likeness (QED) is 0.551. The summed E-state index contributed by atoms with van der Waals surface area (Å²) >= 11 is 1.51. The summed E-state index contributed by atoms with van der Waals surface area (Å²) in [6.45, 7) is 6.51. The Morgan fingerprint density at radius 1 is 1.09 bits per heavy atom. The third-order valence-corrected chi connectivity index (χ3v) is 8.66. The second kappa shape index (κ2) is 9.70. The molecule has 3 aromatic heterocycles. The third kappa shape index (κ3) is 4.71. The van der Waals surface area contributed by atoms with Gasteiger partial charge in [0.25, 0.3) is 5.91 Å². The fourth-order valence-corrected chi connectivity index (χ4v) is 6.52. The topological polar surface area (TPSA) is 77.5 Å². The molecule has 0 unspecified atom stereocenters. The van der Waals surface area contributed by atoms with E-state index in [-0.39, 0.29) is 5.91 Å². The molecule has 1 saturated carbocycles. The second-order valence-corrected chi connectivity index (χ2v) is 11.3. The molecule has 0 spiro atoms. The molecule has 9 heteroatoms. The summed E-state index contributed by atoms with van der Waals surface area (Å²) in [6, 6.07) is 5.10. The standard InChI is InChI=1S/C26H35N7OS/c1-16-14-33(15-17(2)32(16)5)19-10-11-21(27-12-19)29-26-28-13-20-23(30-26)22(18-8-6-7-9-18)24(35-20)25(34)31(3)4/h10-13,16-18H,6-9,14-15H2,1-5H3,(H,27,28,29,30)/t16-,17+. The number of likely N-dealkylation sites (N-methyl/N-ethyl adjacent to an activating group) is 1. The van der Waals surface area contributed by atoms with Crippen molar-refractivity contribution in [2.45, 2.75) is 57.5 Å². The third-order valence-electron chi connectivity index (χ3n) is 7.54. The lowest BCUT2D eigenvalue weighted by Gasteiger charge is -2.43. The summed E-state index contributed by atoms with van der Waals surface area (Å²) in [6.07, 6.45) is 8.39. The minimum Gasteiger partial charge on any atom is -0.367 e. The predicted octanol–water partition coefficient (Wildman–Crippen LogP) is 4.72. The molecule has 35 heavy (non-hydrogen) atoms. The van der Waals surface area contributed by atoms with Crippen LogP contribution in [0, 0.1) is 0 Å². The normalized spacial score (nSPS) is 21.6. The van der Waals surface area contributed by atoms with Crippen molar-refractivity contribution in [2.75, 3.05) is 44.4 Å². The molecule has 1 amide bonds. The molecule has 186 valence electrons. The fourth-order valence-electron chi connectivity index (χ4n) is 5.30. The van der Waals surface area contributed by atoms with E-state index in [1.807, 2.05) is 32.6 Å². The van der Waals surface area contributed by atoms with Crippen molar-refractivity contribution < 1.29 is 4.79 Å². The number of rotatable bonds is 5. The smallest absolute Gasteiger partial charge is 0.263 e. The minimum atomic E-state index is 0.0502.